The van der Waals surface area contributed by atoms with Gasteiger partial charge < -0.3 is 10.1 Å². The average Bonchev–Trinajstić information content (AvgIpc) is 2.44. The highest BCUT2D eigenvalue weighted by atomic mass is 16.5. The zero-order valence-electron chi connectivity index (χ0n) is 12.4. The molecule has 3 heteroatoms. The molecule has 0 spiro atoms. The Morgan fingerprint density at radius 3 is 2.60 bits per heavy atom. The smallest absolute Gasteiger partial charge is 0.0594 e. The van der Waals surface area contributed by atoms with Crippen LogP contribution in [0.1, 0.15) is 31.2 Å². The minimum atomic E-state index is 0.579. The highest BCUT2D eigenvalue weighted by Gasteiger charge is 2.31. The molecule has 1 N–H and O–H groups in total. The first-order valence-corrected chi connectivity index (χ1v) is 7.92. The Labute approximate surface area is 122 Å². The summed E-state index contributed by atoms with van der Waals surface area (Å²) in [5, 5.41) is 3.78. The summed E-state index contributed by atoms with van der Waals surface area (Å²) in [4.78, 5) is 2.51. The Hall–Kier alpha value is -0.900. The lowest BCUT2D eigenvalue weighted by Crippen LogP contribution is -2.50. The second-order valence-corrected chi connectivity index (χ2v) is 6.26. The Balaban J connectivity index is 1.37. The normalized spacial score (nSPS) is 28.9. The minimum absolute atomic E-state index is 0.579. The Morgan fingerprint density at radius 2 is 1.90 bits per heavy atom. The number of morpholine rings is 1. The summed E-state index contributed by atoms with van der Waals surface area (Å²) in [5.41, 5.74) is 1.51. The number of nitrogens with one attached hydrogen (secondary N) is 1. The molecule has 1 aromatic carbocycles. The Kier molecular flexibility index (Phi) is 4.71. The molecule has 1 aromatic rings. The molecule has 2 fully saturated rings. The lowest BCUT2D eigenvalue weighted by molar-refractivity contribution is 0.0330. The molecule has 1 heterocycles. The van der Waals surface area contributed by atoms with Crippen molar-refractivity contribution in [2.45, 2.75) is 37.8 Å². The number of nitrogens with zero attached hydrogens (tertiary/aromatic N) is 1. The van der Waals surface area contributed by atoms with Gasteiger partial charge in [0.05, 0.1) is 13.2 Å². The van der Waals surface area contributed by atoms with Gasteiger partial charge in [0.2, 0.25) is 0 Å². The first-order valence-electron chi connectivity index (χ1n) is 7.92. The van der Waals surface area contributed by atoms with E-state index >= 15 is 0 Å². The van der Waals surface area contributed by atoms with E-state index < -0.39 is 0 Å². The molecule has 0 radical (unpaired) electrons. The van der Waals surface area contributed by atoms with Crippen molar-refractivity contribution in [3.05, 3.63) is 35.9 Å². The second kappa shape index (κ2) is 6.70. The molecular formula is C17H26N2O. The molecule has 1 atom stereocenters. The first kappa shape index (κ1) is 14.1. The Bertz CT molecular complexity index is 397. The van der Waals surface area contributed by atoms with Crippen molar-refractivity contribution in [1.29, 1.82) is 0 Å². The van der Waals surface area contributed by atoms with Crippen molar-refractivity contribution < 1.29 is 4.74 Å². The summed E-state index contributed by atoms with van der Waals surface area (Å²) in [5.74, 6) is 0.768. The standard InChI is InChI=1S/C17H26N2O/c1-14(13-19-7-9-20-10-8-19)18-17-11-16(12-17)15-5-3-2-4-6-15/h2-6,14,16-18H,7-13H2,1H3. The summed E-state index contributed by atoms with van der Waals surface area (Å²) in [6.07, 6.45) is 2.58. The molecule has 3 rings (SSSR count). The number of benzene rings is 1. The SMILES string of the molecule is CC(CN1CCOCC1)NC1CC(c2ccccc2)C1. The third-order valence-electron chi connectivity index (χ3n) is 4.57. The van der Waals surface area contributed by atoms with Crippen molar-refractivity contribution in [1.82, 2.24) is 10.2 Å². The van der Waals surface area contributed by atoms with E-state index in [0.29, 0.717) is 12.1 Å². The summed E-state index contributed by atoms with van der Waals surface area (Å²) in [6.45, 7) is 7.42. The van der Waals surface area contributed by atoms with E-state index in [2.05, 4.69) is 47.5 Å². The van der Waals surface area contributed by atoms with Crippen LogP contribution in [-0.2, 0) is 4.74 Å². The quantitative estimate of drug-likeness (QED) is 0.891. The summed E-state index contributed by atoms with van der Waals surface area (Å²) in [7, 11) is 0. The minimum Gasteiger partial charge on any atom is -0.379 e. The van der Waals surface area contributed by atoms with E-state index in [-0.39, 0.29) is 0 Å². The lowest BCUT2D eigenvalue weighted by atomic mass is 9.75. The molecule has 1 saturated carbocycles. The molecule has 2 aliphatic rings. The first-order chi connectivity index (χ1) is 9.81. The van der Waals surface area contributed by atoms with Crippen molar-refractivity contribution >= 4 is 0 Å². The molecule has 110 valence electrons. The van der Waals surface area contributed by atoms with E-state index in [4.69, 9.17) is 4.74 Å². The van der Waals surface area contributed by atoms with Crippen molar-refractivity contribution in [2.75, 3.05) is 32.8 Å². The highest BCUT2D eigenvalue weighted by Crippen LogP contribution is 2.36. The average molecular weight is 274 g/mol. The summed E-state index contributed by atoms with van der Waals surface area (Å²) >= 11 is 0. The van der Waals surface area contributed by atoms with Gasteiger partial charge in [0.15, 0.2) is 0 Å². The van der Waals surface area contributed by atoms with Crippen LogP contribution in [0.4, 0.5) is 0 Å². The maximum atomic E-state index is 5.40. The van der Waals surface area contributed by atoms with Gasteiger partial charge in [-0.15, -0.1) is 0 Å². The van der Waals surface area contributed by atoms with Crippen LogP contribution in [0.2, 0.25) is 0 Å². The molecule has 20 heavy (non-hydrogen) atoms. The van der Waals surface area contributed by atoms with Gasteiger partial charge in [0.25, 0.3) is 0 Å². The van der Waals surface area contributed by atoms with Gasteiger partial charge >= 0.3 is 0 Å². The van der Waals surface area contributed by atoms with Crippen LogP contribution in [0.15, 0.2) is 30.3 Å². The lowest BCUT2D eigenvalue weighted by Gasteiger charge is -2.39. The maximum absolute atomic E-state index is 5.40. The summed E-state index contributed by atoms with van der Waals surface area (Å²) < 4.78 is 5.40. The van der Waals surface area contributed by atoms with Crippen LogP contribution >= 0.6 is 0 Å². The molecule has 3 nitrogen and oxygen atoms in total. The highest BCUT2D eigenvalue weighted by molar-refractivity contribution is 5.22. The second-order valence-electron chi connectivity index (χ2n) is 6.26. The molecular weight excluding hydrogens is 248 g/mol. The predicted molar refractivity (Wildman–Crippen MR) is 82.1 cm³/mol. The largest absolute Gasteiger partial charge is 0.379 e. The van der Waals surface area contributed by atoms with E-state index in [1.54, 1.807) is 0 Å². The fourth-order valence-electron chi connectivity index (χ4n) is 3.38. The van der Waals surface area contributed by atoms with Gasteiger partial charge in [0, 0.05) is 31.7 Å². The van der Waals surface area contributed by atoms with E-state index in [9.17, 15) is 0 Å². The molecule has 1 unspecified atom stereocenters. The van der Waals surface area contributed by atoms with Gasteiger partial charge in [0.1, 0.15) is 0 Å². The number of ether oxygens (including phenoxy) is 1. The Morgan fingerprint density at radius 1 is 1.20 bits per heavy atom. The van der Waals surface area contributed by atoms with Crippen LogP contribution in [-0.4, -0.2) is 49.8 Å². The van der Waals surface area contributed by atoms with E-state index in [0.717, 1.165) is 38.8 Å². The zero-order chi connectivity index (χ0) is 13.8. The van der Waals surface area contributed by atoms with E-state index in [1.165, 1.54) is 18.4 Å². The van der Waals surface area contributed by atoms with Gasteiger partial charge in [-0.25, -0.2) is 0 Å². The molecule has 0 aromatic heterocycles. The van der Waals surface area contributed by atoms with Gasteiger partial charge in [-0.05, 0) is 31.2 Å². The third kappa shape index (κ3) is 3.60. The van der Waals surface area contributed by atoms with Crippen molar-refractivity contribution in [3.63, 3.8) is 0 Å². The maximum Gasteiger partial charge on any atom is 0.0594 e. The number of rotatable bonds is 5. The van der Waals surface area contributed by atoms with Crippen molar-refractivity contribution in [3.8, 4) is 0 Å². The molecule has 0 amide bonds. The summed E-state index contributed by atoms with van der Waals surface area (Å²) in [6, 6.07) is 12.2. The fourth-order valence-corrected chi connectivity index (χ4v) is 3.38. The predicted octanol–water partition coefficient (Wildman–Crippen LogP) is 2.24. The fraction of sp³-hybridized carbons (Fsp3) is 0.647. The molecule has 0 bridgehead atoms. The third-order valence-corrected chi connectivity index (χ3v) is 4.57. The zero-order valence-corrected chi connectivity index (χ0v) is 12.4. The van der Waals surface area contributed by atoms with Crippen LogP contribution in [0.25, 0.3) is 0 Å². The van der Waals surface area contributed by atoms with Crippen LogP contribution in [0.3, 0.4) is 0 Å². The monoisotopic (exact) mass is 274 g/mol. The number of hydrogen-bond acceptors (Lipinski definition) is 3. The van der Waals surface area contributed by atoms with Crippen LogP contribution in [0.5, 0.6) is 0 Å². The van der Waals surface area contributed by atoms with Crippen LogP contribution in [0, 0.1) is 0 Å². The van der Waals surface area contributed by atoms with E-state index in [1.807, 2.05) is 0 Å². The van der Waals surface area contributed by atoms with Gasteiger partial charge in [-0.3, -0.25) is 4.90 Å². The topological polar surface area (TPSA) is 24.5 Å². The van der Waals surface area contributed by atoms with Crippen molar-refractivity contribution in [2.24, 2.45) is 0 Å². The molecule has 1 aliphatic carbocycles. The molecule has 1 saturated heterocycles. The van der Waals surface area contributed by atoms with Crippen LogP contribution < -0.4 is 5.32 Å². The molecule has 1 aliphatic heterocycles. The number of hydrogen-bond donors (Lipinski definition) is 1. The van der Waals surface area contributed by atoms with Gasteiger partial charge in [-0.2, -0.15) is 0 Å². The van der Waals surface area contributed by atoms with Gasteiger partial charge in [-0.1, -0.05) is 30.3 Å².